The van der Waals surface area contributed by atoms with E-state index >= 15 is 0 Å². The number of hydrogen-bond donors (Lipinski definition) is 2. The molecule has 0 fully saturated rings. The van der Waals surface area contributed by atoms with Gasteiger partial charge < -0.3 is 10.4 Å². The molecule has 1 aliphatic carbocycles. The highest BCUT2D eigenvalue weighted by molar-refractivity contribution is 6.52. The van der Waals surface area contributed by atoms with E-state index in [-0.39, 0.29) is 17.4 Å². The molecular formula is C23H33NO3. The number of carbonyl (C=O) groups is 2. The topological polar surface area (TPSA) is 66.4 Å². The summed E-state index contributed by atoms with van der Waals surface area (Å²) in [6.45, 7) is 2.23. The lowest BCUT2D eigenvalue weighted by Gasteiger charge is -2.24. The number of unbranched alkanes of at least 4 members (excludes halogenated alkanes) is 8. The third kappa shape index (κ3) is 5.52. The van der Waals surface area contributed by atoms with E-state index in [9.17, 15) is 14.7 Å². The van der Waals surface area contributed by atoms with Crippen molar-refractivity contribution in [2.75, 3.05) is 7.05 Å². The van der Waals surface area contributed by atoms with Gasteiger partial charge in [0.1, 0.15) is 5.76 Å². The van der Waals surface area contributed by atoms with Crippen molar-refractivity contribution in [3.8, 4) is 0 Å². The molecule has 1 aromatic rings. The molecule has 0 amide bonds. The van der Waals surface area contributed by atoms with Crippen LogP contribution in [0.25, 0.3) is 5.76 Å². The van der Waals surface area contributed by atoms with Crippen LogP contribution in [-0.4, -0.2) is 29.8 Å². The molecule has 4 nitrogen and oxygen atoms in total. The Labute approximate surface area is 163 Å². The first-order chi connectivity index (χ1) is 13.1. The minimum atomic E-state index is -0.582. The van der Waals surface area contributed by atoms with Crippen LogP contribution >= 0.6 is 0 Å². The van der Waals surface area contributed by atoms with Gasteiger partial charge in [-0.15, -0.1) is 0 Å². The van der Waals surface area contributed by atoms with E-state index in [0.717, 1.165) is 19.3 Å². The molecule has 0 aliphatic heterocycles. The van der Waals surface area contributed by atoms with Crippen LogP contribution in [0.2, 0.25) is 0 Å². The molecule has 0 bridgehead atoms. The van der Waals surface area contributed by atoms with Gasteiger partial charge in [-0.3, -0.25) is 9.59 Å². The third-order valence-electron chi connectivity index (χ3n) is 5.43. The van der Waals surface area contributed by atoms with Crippen molar-refractivity contribution in [3.63, 3.8) is 0 Å². The lowest BCUT2D eigenvalue weighted by atomic mass is 9.84. The molecule has 1 aromatic carbocycles. The van der Waals surface area contributed by atoms with E-state index in [1.54, 1.807) is 31.3 Å². The second-order valence-corrected chi connectivity index (χ2v) is 7.42. The summed E-state index contributed by atoms with van der Waals surface area (Å²) < 4.78 is 0. The number of aliphatic hydroxyl groups is 1. The number of likely N-dealkylation sites (N-methyl/N-ethyl adjacent to an activating group) is 1. The van der Waals surface area contributed by atoms with E-state index in [0.29, 0.717) is 11.1 Å². The summed E-state index contributed by atoms with van der Waals surface area (Å²) >= 11 is 0. The molecule has 2 N–H and O–H groups in total. The number of aliphatic hydroxyl groups excluding tert-OH is 1. The number of nitrogens with one attached hydrogen (secondary N) is 1. The Bertz CT molecular complexity index is 678. The number of fused-ring (bicyclic) bond motifs is 1. The summed E-state index contributed by atoms with van der Waals surface area (Å²) in [5.74, 6) is -1.15. The van der Waals surface area contributed by atoms with Crippen molar-refractivity contribution >= 4 is 17.3 Å². The fourth-order valence-electron chi connectivity index (χ4n) is 3.80. The third-order valence-corrected chi connectivity index (χ3v) is 5.43. The van der Waals surface area contributed by atoms with E-state index in [2.05, 4.69) is 12.2 Å². The number of rotatable bonds is 12. The van der Waals surface area contributed by atoms with Gasteiger partial charge in [0.05, 0.1) is 5.57 Å². The van der Waals surface area contributed by atoms with E-state index in [1.165, 1.54) is 44.9 Å². The van der Waals surface area contributed by atoms with Crippen LogP contribution in [-0.2, 0) is 4.79 Å². The molecule has 0 radical (unpaired) electrons. The van der Waals surface area contributed by atoms with Crippen LogP contribution in [0, 0.1) is 0 Å². The Hall–Kier alpha value is -1.94. The average molecular weight is 372 g/mol. The molecule has 0 heterocycles. The highest BCUT2D eigenvalue weighted by Crippen LogP contribution is 2.30. The summed E-state index contributed by atoms with van der Waals surface area (Å²) in [6, 6.07) is 6.47. The summed E-state index contributed by atoms with van der Waals surface area (Å²) in [7, 11) is 1.77. The molecule has 1 unspecified atom stereocenters. The molecular weight excluding hydrogens is 338 g/mol. The first-order valence-corrected chi connectivity index (χ1v) is 10.4. The zero-order valence-corrected chi connectivity index (χ0v) is 16.7. The maximum atomic E-state index is 12.6. The number of benzene rings is 1. The molecule has 2 rings (SSSR count). The zero-order valence-electron chi connectivity index (χ0n) is 16.7. The molecule has 4 heteroatoms. The molecule has 0 aromatic heterocycles. The SMILES string of the molecule is CCCCCCCCCCCC(NC)C1=C(O)c2ccccc2C(=O)C1=O. The van der Waals surface area contributed by atoms with Crippen LogP contribution in [0.1, 0.15) is 87.1 Å². The zero-order chi connectivity index (χ0) is 19.6. The van der Waals surface area contributed by atoms with Crippen LogP contribution in [0.4, 0.5) is 0 Å². The molecule has 0 saturated carbocycles. The highest BCUT2D eigenvalue weighted by Gasteiger charge is 2.35. The van der Waals surface area contributed by atoms with Gasteiger partial charge >= 0.3 is 0 Å². The number of hydrogen-bond acceptors (Lipinski definition) is 4. The fraction of sp³-hybridized carbons (Fsp3) is 0.565. The quantitative estimate of drug-likeness (QED) is 0.390. The molecule has 0 spiro atoms. The molecule has 1 atom stereocenters. The maximum Gasteiger partial charge on any atom is 0.234 e. The summed E-state index contributed by atoms with van der Waals surface area (Å²) in [5.41, 5.74) is 0.979. The predicted molar refractivity (Wildman–Crippen MR) is 110 cm³/mol. The van der Waals surface area contributed by atoms with Gasteiger partial charge in [0, 0.05) is 17.2 Å². The number of carbonyl (C=O) groups excluding carboxylic acids is 2. The van der Waals surface area contributed by atoms with Gasteiger partial charge in [-0.25, -0.2) is 0 Å². The summed E-state index contributed by atoms with van der Waals surface area (Å²) in [6.07, 6.45) is 11.8. The second-order valence-electron chi connectivity index (χ2n) is 7.42. The lowest BCUT2D eigenvalue weighted by Crippen LogP contribution is -2.37. The first kappa shape index (κ1) is 21.4. The molecule has 1 aliphatic rings. The normalized spacial score (nSPS) is 15.2. The van der Waals surface area contributed by atoms with E-state index in [1.807, 2.05) is 0 Å². The Morgan fingerprint density at radius 2 is 1.41 bits per heavy atom. The number of Topliss-reactive ketones (excluding diaryl/α,β-unsaturated/α-hetero) is 2. The smallest absolute Gasteiger partial charge is 0.234 e. The molecule has 0 saturated heterocycles. The van der Waals surface area contributed by atoms with Gasteiger partial charge in [0.25, 0.3) is 0 Å². The van der Waals surface area contributed by atoms with Crippen LogP contribution < -0.4 is 5.32 Å². The summed E-state index contributed by atoms with van der Waals surface area (Å²) in [4.78, 5) is 24.9. The number of ketones is 2. The van der Waals surface area contributed by atoms with Gasteiger partial charge in [-0.1, -0.05) is 89.0 Å². The maximum absolute atomic E-state index is 12.6. The molecule has 27 heavy (non-hydrogen) atoms. The Kier molecular flexibility index (Phi) is 8.73. The monoisotopic (exact) mass is 371 g/mol. The van der Waals surface area contributed by atoms with Crippen LogP contribution in [0.15, 0.2) is 29.8 Å². The van der Waals surface area contributed by atoms with Gasteiger partial charge in [-0.2, -0.15) is 0 Å². The second kappa shape index (κ2) is 11.0. The minimum Gasteiger partial charge on any atom is -0.507 e. The van der Waals surface area contributed by atoms with Gasteiger partial charge in [0.15, 0.2) is 0 Å². The standard InChI is InChI=1S/C23H33NO3/c1-3-4-5-6-7-8-9-10-11-16-19(24-2)20-21(25)17-14-12-13-15-18(17)22(26)23(20)27/h12-15,19,24-25H,3-11,16H2,1-2H3. The van der Waals surface area contributed by atoms with Crippen molar-refractivity contribution < 1.29 is 14.7 Å². The van der Waals surface area contributed by atoms with Gasteiger partial charge in [-0.05, 0) is 13.5 Å². The van der Waals surface area contributed by atoms with E-state index in [4.69, 9.17) is 0 Å². The Morgan fingerprint density at radius 1 is 0.852 bits per heavy atom. The molecule has 148 valence electrons. The van der Waals surface area contributed by atoms with E-state index < -0.39 is 11.6 Å². The largest absolute Gasteiger partial charge is 0.507 e. The van der Waals surface area contributed by atoms with Crippen LogP contribution in [0.3, 0.4) is 0 Å². The lowest BCUT2D eigenvalue weighted by molar-refractivity contribution is -0.112. The average Bonchev–Trinajstić information content (AvgIpc) is 2.69. The Morgan fingerprint density at radius 3 is 2.00 bits per heavy atom. The minimum absolute atomic E-state index is 0.0505. The van der Waals surface area contributed by atoms with Crippen molar-refractivity contribution in [2.24, 2.45) is 0 Å². The van der Waals surface area contributed by atoms with Crippen molar-refractivity contribution in [1.82, 2.24) is 5.32 Å². The fourth-order valence-corrected chi connectivity index (χ4v) is 3.80. The highest BCUT2D eigenvalue weighted by atomic mass is 16.3. The van der Waals surface area contributed by atoms with Crippen molar-refractivity contribution in [1.29, 1.82) is 0 Å². The summed E-state index contributed by atoms with van der Waals surface area (Å²) in [5, 5.41) is 13.7. The van der Waals surface area contributed by atoms with Gasteiger partial charge in [0.2, 0.25) is 11.6 Å². The van der Waals surface area contributed by atoms with Crippen molar-refractivity contribution in [2.45, 2.75) is 77.2 Å². The Balaban J connectivity index is 1.89. The predicted octanol–water partition coefficient (Wildman–Crippen LogP) is 5.23. The van der Waals surface area contributed by atoms with Crippen molar-refractivity contribution in [3.05, 3.63) is 41.0 Å². The van der Waals surface area contributed by atoms with Crippen LogP contribution in [0.5, 0.6) is 0 Å². The first-order valence-electron chi connectivity index (χ1n) is 10.4.